The first-order valence-corrected chi connectivity index (χ1v) is 12.1. The largest absolute Gasteiger partial charge is 0.481 e. The van der Waals surface area contributed by atoms with E-state index in [1.807, 2.05) is 24.3 Å². The zero-order valence-electron chi connectivity index (χ0n) is 19.0. The molecule has 2 aromatic rings. The number of carbonyl (C=O) groups excluding carboxylic acids is 2. The number of aliphatic carboxylic acids is 1. The Kier molecular flexibility index (Phi) is 6.26. The second-order valence-corrected chi connectivity index (χ2v) is 9.69. The van der Waals surface area contributed by atoms with Gasteiger partial charge in [-0.25, -0.2) is 4.79 Å². The number of alkyl carbamates (subject to hydrolysis) is 1. The first-order valence-electron chi connectivity index (χ1n) is 12.1. The maximum absolute atomic E-state index is 12.6. The van der Waals surface area contributed by atoms with E-state index in [1.165, 1.54) is 22.3 Å². The highest BCUT2D eigenvalue weighted by Gasteiger charge is 2.43. The number of carboxylic acids is 1. The van der Waals surface area contributed by atoms with Crippen molar-refractivity contribution in [3.63, 3.8) is 0 Å². The number of nitrogens with one attached hydrogen (secondary N) is 2. The number of ether oxygens (including phenoxy) is 1. The van der Waals surface area contributed by atoms with E-state index in [9.17, 15) is 14.4 Å². The minimum atomic E-state index is -0.787. The topological polar surface area (TPSA) is 105 Å². The van der Waals surface area contributed by atoms with Crippen LogP contribution in [0.2, 0.25) is 0 Å². The minimum absolute atomic E-state index is 0.0141. The van der Waals surface area contributed by atoms with Crippen LogP contribution in [-0.4, -0.2) is 42.8 Å². The monoisotopic (exact) mass is 462 g/mol. The Balaban J connectivity index is 1.10. The third kappa shape index (κ3) is 4.52. The summed E-state index contributed by atoms with van der Waals surface area (Å²) in [6.07, 6.45) is 2.78. The molecule has 3 aliphatic carbocycles. The Labute approximate surface area is 198 Å². The van der Waals surface area contributed by atoms with Gasteiger partial charge < -0.3 is 20.5 Å². The molecule has 4 atom stereocenters. The van der Waals surface area contributed by atoms with Crippen molar-refractivity contribution in [2.24, 2.45) is 23.7 Å². The molecule has 0 bridgehead atoms. The van der Waals surface area contributed by atoms with Gasteiger partial charge in [-0.2, -0.15) is 0 Å². The van der Waals surface area contributed by atoms with Gasteiger partial charge in [-0.1, -0.05) is 55.0 Å². The van der Waals surface area contributed by atoms with Crippen LogP contribution < -0.4 is 10.6 Å². The zero-order chi connectivity index (χ0) is 23.7. The number of carbonyl (C=O) groups is 3. The van der Waals surface area contributed by atoms with Crippen LogP contribution in [0.5, 0.6) is 0 Å². The Bertz CT molecular complexity index is 1050. The van der Waals surface area contributed by atoms with Gasteiger partial charge in [-0.3, -0.25) is 9.59 Å². The first kappa shape index (κ1) is 22.4. The molecule has 178 valence electrons. The SMILES string of the molecule is O=C(NC[C@H]1CCC[C@H]1C(=O)NCC1CC1C(=O)O)OCC1c2ccccc2-c2ccccc21. The van der Waals surface area contributed by atoms with Crippen LogP contribution >= 0.6 is 0 Å². The van der Waals surface area contributed by atoms with Crippen LogP contribution in [0.4, 0.5) is 4.79 Å². The highest BCUT2D eigenvalue weighted by atomic mass is 16.5. The van der Waals surface area contributed by atoms with Crippen molar-refractivity contribution < 1.29 is 24.2 Å². The Morgan fingerprint density at radius 3 is 2.15 bits per heavy atom. The van der Waals surface area contributed by atoms with Crippen molar-refractivity contribution >= 4 is 18.0 Å². The van der Waals surface area contributed by atoms with E-state index in [2.05, 4.69) is 34.9 Å². The lowest BCUT2D eigenvalue weighted by molar-refractivity contribution is -0.139. The van der Waals surface area contributed by atoms with E-state index in [0.29, 0.717) is 19.5 Å². The van der Waals surface area contributed by atoms with Crippen molar-refractivity contribution in [2.45, 2.75) is 31.6 Å². The molecule has 2 aromatic carbocycles. The molecule has 3 N–H and O–H groups in total. The third-order valence-electron chi connectivity index (χ3n) is 7.63. The van der Waals surface area contributed by atoms with Gasteiger partial charge >= 0.3 is 12.1 Å². The van der Waals surface area contributed by atoms with Crippen LogP contribution in [0.25, 0.3) is 11.1 Å². The number of amides is 2. The summed E-state index contributed by atoms with van der Waals surface area (Å²) in [4.78, 5) is 36.1. The molecular formula is C27H30N2O5. The van der Waals surface area contributed by atoms with Gasteiger partial charge in [0.1, 0.15) is 6.61 Å². The Morgan fingerprint density at radius 2 is 1.50 bits per heavy atom. The fourth-order valence-electron chi connectivity index (χ4n) is 5.63. The maximum atomic E-state index is 12.6. The highest BCUT2D eigenvalue weighted by molar-refractivity contribution is 5.80. The standard InChI is InChI=1S/C27H30N2O5/c30-25(28-14-17-12-23(17)26(31)32)18-11-5-6-16(18)13-29-27(33)34-15-24-21-9-3-1-7-19(21)20-8-2-4-10-22(20)24/h1-4,7-10,16-18,23-24H,5-6,11-15H2,(H,28,30)(H,29,33)(H,31,32)/t16-,17?,18-,23?/m1/s1. The van der Waals surface area contributed by atoms with E-state index >= 15 is 0 Å². The average Bonchev–Trinajstić information content (AvgIpc) is 3.36. The summed E-state index contributed by atoms with van der Waals surface area (Å²) >= 11 is 0. The zero-order valence-corrected chi connectivity index (χ0v) is 19.0. The van der Waals surface area contributed by atoms with Crippen LogP contribution in [0.15, 0.2) is 48.5 Å². The number of carboxylic acid groups (broad SMARTS) is 1. The molecule has 7 heteroatoms. The highest BCUT2D eigenvalue weighted by Crippen LogP contribution is 2.44. The lowest BCUT2D eigenvalue weighted by Gasteiger charge is -2.20. The summed E-state index contributed by atoms with van der Waals surface area (Å²) in [5.41, 5.74) is 4.72. The molecule has 34 heavy (non-hydrogen) atoms. The molecule has 2 saturated carbocycles. The van der Waals surface area contributed by atoms with E-state index in [4.69, 9.17) is 9.84 Å². The van der Waals surface area contributed by atoms with Crippen molar-refractivity contribution in [3.05, 3.63) is 59.7 Å². The predicted octanol–water partition coefficient (Wildman–Crippen LogP) is 3.78. The molecular weight excluding hydrogens is 432 g/mol. The van der Waals surface area contributed by atoms with E-state index in [0.717, 1.165) is 19.3 Å². The molecule has 2 fully saturated rings. The van der Waals surface area contributed by atoms with Gasteiger partial charge in [-0.15, -0.1) is 0 Å². The number of fused-ring (bicyclic) bond motifs is 3. The fraction of sp³-hybridized carbons (Fsp3) is 0.444. The number of hydrogen-bond donors (Lipinski definition) is 3. The molecule has 0 radical (unpaired) electrons. The van der Waals surface area contributed by atoms with E-state index in [1.54, 1.807) is 0 Å². The van der Waals surface area contributed by atoms with Crippen molar-refractivity contribution in [3.8, 4) is 11.1 Å². The van der Waals surface area contributed by atoms with Gasteiger partial charge in [0.25, 0.3) is 0 Å². The Morgan fingerprint density at radius 1 is 0.853 bits per heavy atom. The van der Waals surface area contributed by atoms with Gasteiger partial charge in [0.15, 0.2) is 0 Å². The van der Waals surface area contributed by atoms with Gasteiger partial charge in [0.2, 0.25) is 5.91 Å². The van der Waals surface area contributed by atoms with Crippen molar-refractivity contribution in [1.82, 2.24) is 10.6 Å². The van der Waals surface area contributed by atoms with Crippen LogP contribution in [0.3, 0.4) is 0 Å². The lowest BCUT2D eigenvalue weighted by atomic mass is 9.95. The number of rotatable bonds is 8. The fourth-order valence-corrected chi connectivity index (χ4v) is 5.63. The summed E-state index contributed by atoms with van der Waals surface area (Å²) in [6.45, 7) is 1.08. The van der Waals surface area contributed by atoms with Crippen LogP contribution in [0, 0.1) is 23.7 Å². The van der Waals surface area contributed by atoms with Gasteiger partial charge in [-0.05, 0) is 53.4 Å². The molecule has 0 heterocycles. The minimum Gasteiger partial charge on any atom is -0.481 e. The summed E-state index contributed by atoms with van der Waals surface area (Å²) in [5, 5.41) is 14.8. The van der Waals surface area contributed by atoms with E-state index in [-0.39, 0.29) is 42.1 Å². The molecule has 3 aliphatic rings. The van der Waals surface area contributed by atoms with Crippen LogP contribution in [0.1, 0.15) is 42.7 Å². The van der Waals surface area contributed by atoms with E-state index < -0.39 is 12.1 Å². The molecule has 0 spiro atoms. The third-order valence-corrected chi connectivity index (χ3v) is 7.63. The smallest absolute Gasteiger partial charge is 0.407 e. The molecule has 0 aromatic heterocycles. The summed E-state index contributed by atoms with van der Waals surface area (Å²) < 4.78 is 5.61. The maximum Gasteiger partial charge on any atom is 0.407 e. The number of hydrogen-bond acceptors (Lipinski definition) is 4. The van der Waals surface area contributed by atoms with Crippen LogP contribution in [-0.2, 0) is 14.3 Å². The molecule has 2 unspecified atom stereocenters. The van der Waals surface area contributed by atoms with Gasteiger partial charge in [0.05, 0.1) is 5.92 Å². The van der Waals surface area contributed by atoms with Gasteiger partial charge in [0, 0.05) is 24.9 Å². The number of benzene rings is 2. The lowest BCUT2D eigenvalue weighted by Crippen LogP contribution is -2.39. The summed E-state index contributed by atoms with van der Waals surface area (Å²) in [5.74, 6) is -1.18. The Hall–Kier alpha value is -3.35. The second-order valence-electron chi connectivity index (χ2n) is 9.69. The molecule has 2 amide bonds. The molecule has 7 nitrogen and oxygen atoms in total. The molecule has 0 saturated heterocycles. The summed E-state index contributed by atoms with van der Waals surface area (Å²) in [7, 11) is 0. The van der Waals surface area contributed by atoms with Crippen molar-refractivity contribution in [2.75, 3.05) is 19.7 Å². The summed E-state index contributed by atoms with van der Waals surface area (Å²) in [6, 6.07) is 16.4. The predicted molar refractivity (Wildman–Crippen MR) is 126 cm³/mol. The average molecular weight is 463 g/mol. The quantitative estimate of drug-likeness (QED) is 0.554. The van der Waals surface area contributed by atoms with Crippen molar-refractivity contribution in [1.29, 1.82) is 0 Å². The molecule has 5 rings (SSSR count). The molecule has 0 aliphatic heterocycles. The second kappa shape index (κ2) is 9.49. The normalized spacial score (nSPS) is 24.7. The first-order chi connectivity index (χ1) is 16.5.